The van der Waals surface area contributed by atoms with Crippen LogP contribution in [0.25, 0.3) is 6.08 Å². The zero-order chi connectivity index (χ0) is 28.4. The van der Waals surface area contributed by atoms with E-state index in [1.54, 1.807) is 30.3 Å². The molecule has 5 rings (SSSR count). The summed E-state index contributed by atoms with van der Waals surface area (Å²) in [4.78, 5) is 20.5. The fraction of sp³-hybridized carbons (Fsp3) is 0.0968. The second-order valence-electron chi connectivity index (χ2n) is 9.10. The summed E-state index contributed by atoms with van der Waals surface area (Å²) in [5.74, 6) is 0.132. The maximum absolute atomic E-state index is 13.7. The van der Waals surface area contributed by atoms with Crippen LogP contribution in [0.3, 0.4) is 0 Å². The van der Waals surface area contributed by atoms with Crippen molar-refractivity contribution in [3.05, 3.63) is 126 Å². The lowest BCUT2D eigenvalue weighted by Gasteiger charge is -2.16. The van der Waals surface area contributed by atoms with Gasteiger partial charge >= 0.3 is 0 Å². The largest absolute Gasteiger partial charge is 0.486 e. The Morgan fingerprint density at radius 3 is 2.12 bits per heavy atom. The van der Waals surface area contributed by atoms with Gasteiger partial charge in [0.1, 0.15) is 6.61 Å². The van der Waals surface area contributed by atoms with Crippen LogP contribution in [0, 0.1) is 13.8 Å². The molecule has 9 heteroatoms. The number of halogens is 4. The molecule has 0 aliphatic carbocycles. The molecule has 4 nitrogen and oxygen atoms in total. The van der Waals surface area contributed by atoms with E-state index in [-0.39, 0.29) is 5.91 Å². The summed E-state index contributed by atoms with van der Waals surface area (Å²) in [7, 11) is 0. The maximum Gasteiger partial charge on any atom is 0.271 e. The average molecular weight is 628 g/mol. The molecule has 0 atom stereocenters. The summed E-state index contributed by atoms with van der Waals surface area (Å²) in [5.41, 5.74) is 4.72. The van der Waals surface area contributed by atoms with Crippen LogP contribution in [-0.2, 0) is 11.4 Å². The van der Waals surface area contributed by atoms with Gasteiger partial charge in [-0.15, -0.1) is 0 Å². The Bertz CT molecular complexity index is 1650. The standard InChI is InChI=1S/C31H22Cl4N2O2S/c1-18-8-10-22(15-24(18)32)36-31-37(23-11-9-19(2)25(33)16-23)30(38)28(40-31)14-21-12-26(34)29(27(35)13-21)39-17-20-6-4-3-5-7-20/h3-16H,17H2,1-2H3/b28-14+,36-31?. The zero-order valence-electron chi connectivity index (χ0n) is 21.4. The summed E-state index contributed by atoms with van der Waals surface area (Å²) >= 11 is 27.1. The van der Waals surface area contributed by atoms with Gasteiger partial charge in [0.05, 0.1) is 26.3 Å². The number of nitrogens with zero attached hydrogens (tertiary/aromatic N) is 2. The molecule has 1 saturated heterocycles. The molecule has 202 valence electrons. The average Bonchev–Trinajstić information content (AvgIpc) is 3.22. The van der Waals surface area contributed by atoms with E-state index in [1.165, 1.54) is 16.7 Å². The third-order valence-corrected chi connectivity index (χ3v) is 8.49. The highest BCUT2D eigenvalue weighted by Gasteiger charge is 2.35. The topological polar surface area (TPSA) is 41.9 Å². The number of benzene rings is 4. The quantitative estimate of drug-likeness (QED) is 0.200. The van der Waals surface area contributed by atoms with Crippen molar-refractivity contribution >= 4 is 86.7 Å². The Kier molecular flexibility index (Phi) is 8.79. The fourth-order valence-corrected chi connectivity index (χ4v) is 5.90. The fourth-order valence-electron chi connectivity index (χ4n) is 3.94. The second-order valence-corrected chi connectivity index (χ2v) is 11.7. The highest BCUT2D eigenvalue weighted by atomic mass is 35.5. The minimum absolute atomic E-state index is 0.251. The minimum Gasteiger partial charge on any atom is -0.486 e. The number of aryl methyl sites for hydroxylation is 2. The van der Waals surface area contributed by atoms with Crippen LogP contribution in [0.5, 0.6) is 5.75 Å². The summed E-state index contributed by atoms with van der Waals surface area (Å²) < 4.78 is 5.89. The molecule has 1 aliphatic rings. The first-order chi connectivity index (χ1) is 19.2. The van der Waals surface area contributed by atoms with Gasteiger partial charge in [-0.3, -0.25) is 9.69 Å². The van der Waals surface area contributed by atoms with E-state index in [1.807, 2.05) is 68.4 Å². The number of hydrogen-bond acceptors (Lipinski definition) is 4. The first-order valence-electron chi connectivity index (χ1n) is 12.2. The van der Waals surface area contributed by atoms with Crippen LogP contribution in [0.1, 0.15) is 22.3 Å². The Balaban J connectivity index is 1.49. The number of anilines is 1. The van der Waals surface area contributed by atoms with E-state index < -0.39 is 0 Å². The number of amidine groups is 1. The predicted octanol–water partition coefficient (Wildman–Crippen LogP) is 10.3. The van der Waals surface area contributed by atoms with Crippen molar-refractivity contribution < 1.29 is 9.53 Å². The molecule has 4 aromatic carbocycles. The molecule has 0 radical (unpaired) electrons. The van der Waals surface area contributed by atoms with Gasteiger partial charge in [0, 0.05) is 10.0 Å². The van der Waals surface area contributed by atoms with Crippen molar-refractivity contribution in [2.75, 3.05) is 4.90 Å². The van der Waals surface area contributed by atoms with Crippen LogP contribution < -0.4 is 9.64 Å². The van der Waals surface area contributed by atoms with Crippen molar-refractivity contribution in [2.24, 2.45) is 4.99 Å². The van der Waals surface area contributed by atoms with Gasteiger partial charge in [-0.05, 0) is 90.3 Å². The molecular formula is C31H22Cl4N2O2S. The van der Waals surface area contributed by atoms with Crippen molar-refractivity contribution in [1.82, 2.24) is 0 Å². The summed E-state index contributed by atoms with van der Waals surface area (Å²) in [5, 5.41) is 2.30. The maximum atomic E-state index is 13.7. The highest BCUT2D eigenvalue weighted by molar-refractivity contribution is 8.19. The van der Waals surface area contributed by atoms with Gasteiger partial charge in [0.2, 0.25) is 0 Å². The highest BCUT2D eigenvalue weighted by Crippen LogP contribution is 2.41. The van der Waals surface area contributed by atoms with Crippen molar-refractivity contribution in [3.8, 4) is 5.75 Å². The second kappa shape index (κ2) is 12.3. The lowest BCUT2D eigenvalue weighted by molar-refractivity contribution is -0.113. The lowest BCUT2D eigenvalue weighted by Crippen LogP contribution is -2.28. The molecule has 1 aliphatic heterocycles. The van der Waals surface area contributed by atoms with Crippen LogP contribution >= 0.6 is 58.2 Å². The number of hydrogen-bond donors (Lipinski definition) is 0. The van der Waals surface area contributed by atoms with Crippen LogP contribution in [0.4, 0.5) is 11.4 Å². The molecule has 40 heavy (non-hydrogen) atoms. The van der Waals surface area contributed by atoms with E-state index in [0.29, 0.717) is 59.5 Å². The number of aliphatic imine (C=N–C) groups is 1. The van der Waals surface area contributed by atoms with E-state index >= 15 is 0 Å². The van der Waals surface area contributed by atoms with Gasteiger partial charge in [-0.25, -0.2) is 4.99 Å². The molecule has 1 fully saturated rings. The molecule has 0 N–H and O–H groups in total. The molecular weight excluding hydrogens is 606 g/mol. The Labute approximate surface area is 257 Å². The third-order valence-electron chi connectivity index (χ3n) is 6.14. The van der Waals surface area contributed by atoms with E-state index in [2.05, 4.69) is 0 Å². The molecule has 0 bridgehead atoms. The van der Waals surface area contributed by atoms with Crippen molar-refractivity contribution in [3.63, 3.8) is 0 Å². The normalized spacial score (nSPS) is 15.3. The molecule has 0 unspecified atom stereocenters. The first-order valence-corrected chi connectivity index (χ1v) is 14.5. The van der Waals surface area contributed by atoms with Crippen molar-refractivity contribution in [1.29, 1.82) is 0 Å². The van der Waals surface area contributed by atoms with Gasteiger partial charge in [-0.2, -0.15) is 0 Å². The predicted molar refractivity (Wildman–Crippen MR) is 170 cm³/mol. The number of rotatable bonds is 6. The van der Waals surface area contributed by atoms with Crippen molar-refractivity contribution in [2.45, 2.75) is 20.5 Å². The smallest absolute Gasteiger partial charge is 0.271 e. The number of thioether (sulfide) groups is 1. The minimum atomic E-state index is -0.251. The van der Waals surface area contributed by atoms with Crippen LogP contribution in [0.2, 0.25) is 20.1 Å². The van der Waals surface area contributed by atoms with E-state index in [9.17, 15) is 4.79 Å². The Morgan fingerprint density at radius 1 is 0.825 bits per heavy atom. The number of carbonyl (C=O) groups is 1. The van der Waals surface area contributed by atoms with Gasteiger partial charge < -0.3 is 4.74 Å². The number of carbonyl (C=O) groups excluding carboxylic acids is 1. The molecule has 0 spiro atoms. The molecule has 1 amide bonds. The van der Waals surface area contributed by atoms with Gasteiger partial charge in [-0.1, -0.05) is 88.9 Å². The molecule has 4 aromatic rings. The van der Waals surface area contributed by atoms with E-state index in [0.717, 1.165) is 16.7 Å². The first kappa shape index (κ1) is 28.6. The van der Waals surface area contributed by atoms with Gasteiger partial charge in [0.15, 0.2) is 10.9 Å². The molecule has 1 heterocycles. The monoisotopic (exact) mass is 626 g/mol. The molecule has 0 aromatic heterocycles. The SMILES string of the molecule is Cc1ccc(N=C2S/C(=C/c3cc(Cl)c(OCc4ccccc4)c(Cl)c3)C(=O)N2c2ccc(C)c(Cl)c2)cc1Cl. The third kappa shape index (κ3) is 6.35. The summed E-state index contributed by atoms with van der Waals surface area (Å²) in [6.07, 6.45) is 1.74. The summed E-state index contributed by atoms with van der Waals surface area (Å²) in [6.45, 7) is 4.15. The summed E-state index contributed by atoms with van der Waals surface area (Å²) in [6, 6.07) is 24.1. The van der Waals surface area contributed by atoms with E-state index in [4.69, 9.17) is 56.1 Å². The Hall–Kier alpha value is -2.93. The zero-order valence-corrected chi connectivity index (χ0v) is 25.3. The number of amides is 1. The van der Waals surface area contributed by atoms with Gasteiger partial charge in [0.25, 0.3) is 5.91 Å². The van der Waals surface area contributed by atoms with Crippen LogP contribution in [0.15, 0.2) is 88.8 Å². The van der Waals surface area contributed by atoms with Crippen LogP contribution in [-0.4, -0.2) is 11.1 Å². The number of ether oxygens (including phenoxy) is 1. The molecule has 0 saturated carbocycles. The lowest BCUT2D eigenvalue weighted by atomic mass is 10.2. The Morgan fingerprint density at radius 2 is 1.48 bits per heavy atom.